The molecule has 2 N–H and O–H groups in total. The number of amides is 1. The summed E-state index contributed by atoms with van der Waals surface area (Å²) >= 11 is 0. The predicted octanol–water partition coefficient (Wildman–Crippen LogP) is 0.738. The molecule has 0 heterocycles. The second kappa shape index (κ2) is 3.52. The molecular formula is C8H8N2O2. The Labute approximate surface area is 69.5 Å². The van der Waals surface area contributed by atoms with Crippen molar-refractivity contribution in [1.82, 2.24) is 5.43 Å². The van der Waals surface area contributed by atoms with Crippen molar-refractivity contribution in [2.24, 2.45) is 5.10 Å². The number of phenols is 1. The molecule has 62 valence electrons. The van der Waals surface area contributed by atoms with Crippen LogP contribution in [0.15, 0.2) is 29.4 Å². The zero-order valence-corrected chi connectivity index (χ0v) is 6.32. The second-order valence-corrected chi connectivity index (χ2v) is 2.12. The largest absolute Gasteiger partial charge is 0.507 e. The highest BCUT2D eigenvalue weighted by atomic mass is 16.3. The maximum Gasteiger partial charge on any atom is 0.275 e. The molecule has 4 heteroatoms. The molecule has 0 radical (unpaired) electrons. The summed E-state index contributed by atoms with van der Waals surface area (Å²) in [5.41, 5.74) is 2.30. The Morgan fingerprint density at radius 1 is 1.50 bits per heavy atom. The first-order valence-corrected chi connectivity index (χ1v) is 3.29. The Morgan fingerprint density at radius 2 is 2.17 bits per heavy atom. The van der Waals surface area contributed by atoms with Crippen molar-refractivity contribution in [3.05, 3.63) is 29.8 Å². The first kappa shape index (κ1) is 8.26. The topological polar surface area (TPSA) is 61.7 Å². The number of nitrogens with one attached hydrogen (secondary N) is 1. The molecule has 0 unspecified atom stereocenters. The molecule has 0 fully saturated rings. The van der Waals surface area contributed by atoms with E-state index in [2.05, 4.69) is 17.2 Å². The van der Waals surface area contributed by atoms with E-state index >= 15 is 0 Å². The molecule has 0 saturated carbocycles. The average Bonchev–Trinajstić information content (AvgIpc) is 2.05. The number of hydrogen-bond acceptors (Lipinski definition) is 3. The van der Waals surface area contributed by atoms with E-state index in [1.165, 1.54) is 12.1 Å². The van der Waals surface area contributed by atoms with Crippen molar-refractivity contribution in [2.75, 3.05) is 0 Å². The second-order valence-electron chi connectivity index (χ2n) is 2.12. The lowest BCUT2D eigenvalue weighted by Crippen LogP contribution is -2.16. The number of carbonyl (C=O) groups excluding carboxylic acids is 1. The van der Waals surface area contributed by atoms with Crippen LogP contribution in [0.5, 0.6) is 5.75 Å². The molecule has 0 saturated heterocycles. The van der Waals surface area contributed by atoms with Crippen molar-refractivity contribution in [3.8, 4) is 5.75 Å². The van der Waals surface area contributed by atoms with Crippen LogP contribution in [0, 0.1) is 0 Å². The third kappa shape index (κ3) is 1.60. The first-order chi connectivity index (χ1) is 5.75. The van der Waals surface area contributed by atoms with Crippen LogP contribution in [0.4, 0.5) is 0 Å². The van der Waals surface area contributed by atoms with E-state index in [-0.39, 0.29) is 11.3 Å². The van der Waals surface area contributed by atoms with Crippen LogP contribution in [-0.4, -0.2) is 17.7 Å². The highest BCUT2D eigenvalue weighted by Gasteiger charge is 2.07. The van der Waals surface area contributed by atoms with Crippen molar-refractivity contribution < 1.29 is 9.90 Å². The number of para-hydroxylation sites is 1. The van der Waals surface area contributed by atoms with Gasteiger partial charge in [0.05, 0.1) is 5.56 Å². The predicted molar refractivity (Wildman–Crippen MR) is 45.1 cm³/mol. The van der Waals surface area contributed by atoms with Crippen molar-refractivity contribution in [2.45, 2.75) is 0 Å². The zero-order chi connectivity index (χ0) is 8.97. The molecule has 0 aliphatic carbocycles. The van der Waals surface area contributed by atoms with Crippen LogP contribution in [0.1, 0.15) is 10.4 Å². The molecule has 0 aliphatic rings. The van der Waals surface area contributed by atoms with Crippen LogP contribution in [0.3, 0.4) is 0 Å². The molecule has 1 aromatic rings. The summed E-state index contributed by atoms with van der Waals surface area (Å²) in [6.07, 6.45) is 0. The fraction of sp³-hybridized carbons (Fsp3) is 0. The Morgan fingerprint density at radius 3 is 2.75 bits per heavy atom. The Kier molecular flexibility index (Phi) is 2.42. The van der Waals surface area contributed by atoms with Gasteiger partial charge in [0.25, 0.3) is 5.91 Å². The standard InChI is InChI=1S/C8H8N2O2/c1-9-10-8(12)6-4-2-3-5-7(6)11/h2-5,11H,1H2,(H,10,12). The van der Waals surface area contributed by atoms with Gasteiger partial charge in [0.15, 0.2) is 0 Å². The van der Waals surface area contributed by atoms with E-state index in [0.717, 1.165) is 0 Å². The van der Waals surface area contributed by atoms with E-state index < -0.39 is 5.91 Å². The monoisotopic (exact) mass is 164 g/mol. The number of hydrogen-bond donors (Lipinski definition) is 2. The smallest absolute Gasteiger partial charge is 0.275 e. The van der Waals surface area contributed by atoms with Gasteiger partial charge in [-0.1, -0.05) is 12.1 Å². The lowest BCUT2D eigenvalue weighted by atomic mass is 10.2. The molecule has 0 atom stereocenters. The highest BCUT2D eigenvalue weighted by molar-refractivity contribution is 5.96. The van der Waals surface area contributed by atoms with Gasteiger partial charge in [-0.2, -0.15) is 5.10 Å². The molecule has 1 rings (SSSR count). The number of hydrazone groups is 1. The van der Waals surface area contributed by atoms with Crippen molar-refractivity contribution >= 4 is 12.6 Å². The summed E-state index contributed by atoms with van der Waals surface area (Å²) in [5, 5.41) is 12.4. The fourth-order valence-electron chi connectivity index (χ4n) is 0.798. The summed E-state index contributed by atoms with van der Waals surface area (Å²) in [7, 11) is 0. The molecule has 12 heavy (non-hydrogen) atoms. The van der Waals surface area contributed by atoms with Crippen LogP contribution >= 0.6 is 0 Å². The van der Waals surface area contributed by atoms with Gasteiger partial charge in [0.1, 0.15) is 5.75 Å². The summed E-state index contributed by atoms with van der Waals surface area (Å²) in [6, 6.07) is 6.21. The molecule has 0 spiro atoms. The minimum Gasteiger partial charge on any atom is -0.507 e. The summed E-state index contributed by atoms with van der Waals surface area (Å²) in [4.78, 5) is 11.1. The van der Waals surface area contributed by atoms with Crippen LogP contribution < -0.4 is 5.43 Å². The average molecular weight is 164 g/mol. The molecule has 1 amide bonds. The zero-order valence-electron chi connectivity index (χ0n) is 6.32. The van der Waals surface area contributed by atoms with Gasteiger partial charge in [-0.3, -0.25) is 4.79 Å². The maximum absolute atomic E-state index is 11.1. The van der Waals surface area contributed by atoms with Crippen LogP contribution in [0.25, 0.3) is 0 Å². The van der Waals surface area contributed by atoms with E-state index in [9.17, 15) is 9.90 Å². The number of aromatic hydroxyl groups is 1. The summed E-state index contributed by atoms with van der Waals surface area (Å²) in [5.74, 6) is -0.540. The van der Waals surface area contributed by atoms with Gasteiger partial charge >= 0.3 is 0 Å². The van der Waals surface area contributed by atoms with Crippen molar-refractivity contribution in [3.63, 3.8) is 0 Å². The van der Waals surface area contributed by atoms with Crippen LogP contribution in [-0.2, 0) is 0 Å². The number of benzene rings is 1. The van der Waals surface area contributed by atoms with Gasteiger partial charge < -0.3 is 5.11 Å². The number of rotatable bonds is 2. The van der Waals surface area contributed by atoms with Crippen molar-refractivity contribution in [1.29, 1.82) is 0 Å². The van der Waals surface area contributed by atoms with E-state index in [1.807, 2.05) is 0 Å². The maximum atomic E-state index is 11.1. The summed E-state index contributed by atoms with van der Waals surface area (Å²) in [6.45, 7) is 3.09. The fourth-order valence-corrected chi connectivity index (χ4v) is 0.798. The van der Waals surface area contributed by atoms with Crippen LogP contribution in [0.2, 0.25) is 0 Å². The SMILES string of the molecule is C=NNC(=O)c1ccccc1O. The number of phenolic OH excluding ortho intramolecular Hbond substituents is 1. The quantitative estimate of drug-likeness (QED) is 0.500. The Hall–Kier alpha value is -1.84. The minimum absolute atomic E-state index is 0.0707. The number of nitrogens with zero attached hydrogens (tertiary/aromatic N) is 1. The van der Waals surface area contributed by atoms with E-state index in [0.29, 0.717) is 0 Å². The Bertz CT molecular complexity index is 310. The van der Waals surface area contributed by atoms with Gasteiger partial charge in [0, 0.05) is 6.72 Å². The molecule has 4 nitrogen and oxygen atoms in total. The third-order valence-electron chi connectivity index (χ3n) is 1.33. The van der Waals surface area contributed by atoms with E-state index in [1.54, 1.807) is 12.1 Å². The normalized spacial score (nSPS) is 9.00. The minimum atomic E-state index is -0.469. The van der Waals surface area contributed by atoms with Gasteiger partial charge in [-0.15, -0.1) is 0 Å². The molecule has 1 aromatic carbocycles. The van der Waals surface area contributed by atoms with Gasteiger partial charge in [-0.05, 0) is 12.1 Å². The number of carbonyl (C=O) groups is 1. The summed E-state index contributed by atoms with van der Waals surface area (Å²) < 4.78 is 0. The molecule has 0 aromatic heterocycles. The highest BCUT2D eigenvalue weighted by Crippen LogP contribution is 2.14. The first-order valence-electron chi connectivity index (χ1n) is 3.29. The Balaban J connectivity index is 2.94. The lowest BCUT2D eigenvalue weighted by Gasteiger charge is -2.00. The third-order valence-corrected chi connectivity index (χ3v) is 1.33. The molecule has 0 bridgehead atoms. The lowest BCUT2D eigenvalue weighted by molar-refractivity contribution is 0.0952. The van der Waals surface area contributed by atoms with E-state index in [4.69, 9.17) is 0 Å². The van der Waals surface area contributed by atoms with Gasteiger partial charge in [-0.25, -0.2) is 5.43 Å². The van der Waals surface area contributed by atoms with Gasteiger partial charge in [0.2, 0.25) is 0 Å². The molecule has 0 aliphatic heterocycles. The molecular weight excluding hydrogens is 156 g/mol.